The molecule has 2 atom stereocenters. The van der Waals surface area contributed by atoms with Gasteiger partial charge in [-0.2, -0.15) is 0 Å². The number of ketones is 1. The lowest BCUT2D eigenvalue weighted by molar-refractivity contribution is -0.122. The standard InChI is InChI=1S/C28H33NO6/c1-16(2)15-35-20-8-6-17(7-9-20)18-10-22-27(23(30)11-18)21(14-26(31)29-22)19-12-24(32-3)28(34-5)25(13-19)33-4/h6-9,12-13,16,18,21H,10-11,14-15H2,1-5H3,(H,29,31). The average molecular weight is 480 g/mol. The van der Waals surface area contributed by atoms with E-state index in [4.69, 9.17) is 18.9 Å². The second-order valence-electron chi connectivity index (χ2n) is 9.46. The van der Waals surface area contributed by atoms with E-state index >= 15 is 0 Å². The third kappa shape index (κ3) is 5.14. The fourth-order valence-electron chi connectivity index (χ4n) is 4.88. The van der Waals surface area contributed by atoms with E-state index in [9.17, 15) is 9.59 Å². The molecule has 2 aromatic carbocycles. The van der Waals surface area contributed by atoms with Crippen LogP contribution in [0.2, 0.25) is 0 Å². The maximum absolute atomic E-state index is 13.5. The molecular weight excluding hydrogens is 446 g/mol. The quantitative estimate of drug-likeness (QED) is 0.588. The Morgan fingerprint density at radius 3 is 2.11 bits per heavy atom. The number of rotatable bonds is 8. The summed E-state index contributed by atoms with van der Waals surface area (Å²) in [6.45, 7) is 4.88. The van der Waals surface area contributed by atoms with Crippen molar-refractivity contribution in [1.29, 1.82) is 0 Å². The van der Waals surface area contributed by atoms with E-state index < -0.39 is 0 Å². The lowest BCUT2D eigenvalue weighted by atomic mass is 9.73. The van der Waals surface area contributed by atoms with Gasteiger partial charge in [-0.1, -0.05) is 26.0 Å². The topological polar surface area (TPSA) is 83.1 Å². The molecule has 0 saturated heterocycles. The molecule has 4 rings (SSSR count). The van der Waals surface area contributed by atoms with E-state index in [1.165, 1.54) is 0 Å². The first kappa shape index (κ1) is 24.6. The molecule has 0 bridgehead atoms. The molecule has 0 radical (unpaired) electrons. The molecule has 0 saturated carbocycles. The molecule has 0 aromatic heterocycles. The first-order valence-electron chi connectivity index (χ1n) is 11.9. The summed E-state index contributed by atoms with van der Waals surface area (Å²) in [6, 6.07) is 11.6. The minimum atomic E-state index is -0.368. The van der Waals surface area contributed by atoms with Crippen LogP contribution < -0.4 is 24.3 Å². The number of methoxy groups -OCH3 is 3. The molecule has 7 heteroatoms. The third-order valence-corrected chi connectivity index (χ3v) is 6.56. The van der Waals surface area contributed by atoms with Gasteiger partial charge in [0.15, 0.2) is 17.3 Å². The number of hydrogen-bond donors (Lipinski definition) is 1. The zero-order valence-corrected chi connectivity index (χ0v) is 21.0. The Morgan fingerprint density at radius 1 is 0.886 bits per heavy atom. The van der Waals surface area contributed by atoms with Gasteiger partial charge in [-0.25, -0.2) is 0 Å². The molecule has 2 unspecified atom stereocenters. The molecule has 1 heterocycles. The van der Waals surface area contributed by atoms with E-state index in [0.717, 1.165) is 16.9 Å². The maximum Gasteiger partial charge on any atom is 0.225 e. The molecular formula is C28H33NO6. The summed E-state index contributed by atoms with van der Waals surface area (Å²) in [4.78, 5) is 26.2. The number of Topliss-reactive ketones (excluding diaryl/α,β-unsaturated/α-hetero) is 1. The maximum atomic E-state index is 13.5. The molecule has 186 valence electrons. The summed E-state index contributed by atoms with van der Waals surface area (Å²) in [5.41, 5.74) is 3.24. The van der Waals surface area contributed by atoms with Crippen molar-refractivity contribution in [1.82, 2.24) is 5.32 Å². The average Bonchev–Trinajstić information content (AvgIpc) is 2.85. The third-order valence-electron chi connectivity index (χ3n) is 6.56. The fourth-order valence-corrected chi connectivity index (χ4v) is 4.88. The van der Waals surface area contributed by atoms with Gasteiger partial charge in [0.25, 0.3) is 0 Å². The van der Waals surface area contributed by atoms with E-state index in [-0.39, 0.29) is 29.9 Å². The highest BCUT2D eigenvalue weighted by atomic mass is 16.5. The molecule has 1 aliphatic carbocycles. The largest absolute Gasteiger partial charge is 0.493 e. The highest BCUT2D eigenvalue weighted by Crippen LogP contribution is 2.46. The minimum Gasteiger partial charge on any atom is -0.493 e. The van der Waals surface area contributed by atoms with Crippen molar-refractivity contribution < 1.29 is 28.5 Å². The van der Waals surface area contributed by atoms with Gasteiger partial charge in [0, 0.05) is 30.0 Å². The van der Waals surface area contributed by atoms with Crippen LogP contribution in [0.1, 0.15) is 56.1 Å². The molecule has 1 amide bonds. The van der Waals surface area contributed by atoms with Crippen LogP contribution in [-0.4, -0.2) is 39.6 Å². The summed E-state index contributed by atoms with van der Waals surface area (Å²) < 4.78 is 22.2. The number of allylic oxidation sites excluding steroid dienone is 2. The van der Waals surface area contributed by atoms with Crippen molar-refractivity contribution in [3.63, 3.8) is 0 Å². The molecule has 0 spiro atoms. The first-order valence-corrected chi connectivity index (χ1v) is 11.9. The van der Waals surface area contributed by atoms with Crippen molar-refractivity contribution in [3.8, 4) is 23.0 Å². The van der Waals surface area contributed by atoms with Gasteiger partial charge in [0.2, 0.25) is 11.7 Å². The number of benzene rings is 2. The summed E-state index contributed by atoms with van der Waals surface area (Å²) in [6.07, 6.45) is 1.18. The van der Waals surface area contributed by atoms with Crippen molar-refractivity contribution in [2.24, 2.45) is 5.92 Å². The Bertz CT molecular complexity index is 1110. The number of amides is 1. The van der Waals surface area contributed by atoms with E-state index in [1.807, 2.05) is 36.4 Å². The highest BCUT2D eigenvalue weighted by Gasteiger charge is 2.38. The van der Waals surface area contributed by atoms with Crippen molar-refractivity contribution >= 4 is 11.7 Å². The Labute approximate surface area is 206 Å². The smallest absolute Gasteiger partial charge is 0.225 e. The second kappa shape index (κ2) is 10.4. The summed E-state index contributed by atoms with van der Waals surface area (Å²) >= 11 is 0. The number of nitrogens with one attached hydrogen (secondary N) is 1. The van der Waals surface area contributed by atoms with Crippen molar-refractivity contribution in [2.75, 3.05) is 27.9 Å². The van der Waals surface area contributed by atoms with Crippen LogP contribution in [0.4, 0.5) is 0 Å². The molecule has 2 aromatic rings. The van der Waals surface area contributed by atoms with Gasteiger partial charge < -0.3 is 24.3 Å². The summed E-state index contributed by atoms with van der Waals surface area (Å²) in [7, 11) is 4.65. The van der Waals surface area contributed by atoms with E-state index in [1.54, 1.807) is 21.3 Å². The number of ether oxygens (including phenoxy) is 4. The van der Waals surface area contributed by atoms with Crippen LogP contribution in [0.3, 0.4) is 0 Å². The summed E-state index contributed by atoms with van der Waals surface area (Å²) in [5.74, 6) is 2.31. The van der Waals surface area contributed by atoms with E-state index in [2.05, 4.69) is 19.2 Å². The lowest BCUT2D eigenvalue weighted by Crippen LogP contribution is -2.38. The van der Waals surface area contributed by atoms with Crippen LogP contribution in [0, 0.1) is 5.92 Å². The number of hydrogen-bond acceptors (Lipinski definition) is 6. The van der Waals surface area contributed by atoms with Crippen LogP contribution in [0.5, 0.6) is 23.0 Å². The minimum absolute atomic E-state index is 0.000566. The van der Waals surface area contributed by atoms with Crippen LogP contribution in [-0.2, 0) is 9.59 Å². The number of carbonyl (C=O) groups is 2. The van der Waals surface area contributed by atoms with Crippen LogP contribution in [0.15, 0.2) is 47.7 Å². The fraction of sp³-hybridized carbons (Fsp3) is 0.429. The number of carbonyl (C=O) groups excluding carboxylic acids is 2. The summed E-state index contributed by atoms with van der Waals surface area (Å²) in [5, 5.41) is 2.98. The second-order valence-corrected chi connectivity index (χ2v) is 9.46. The first-order chi connectivity index (χ1) is 16.8. The van der Waals surface area contributed by atoms with Gasteiger partial charge in [0.05, 0.1) is 27.9 Å². The van der Waals surface area contributed by atoms with Crippen LogP contribution in [0.25, 0.3) is 0 Å². The van der Waals surface area contributed by atoms with Gasteiger partial charge in [-0.15, -0.1) is 0 Å². The van der Waals surface area contributed by atoms with Crippen molar-refractivity contribution in [3.05, 3.63) is 58.8 Å². The van der Waals surface area contributed by atoms with Gasteiger partial charge in [0.1, 0.15) is 5.75 Å². The van der Waals surface area contributed by atoms with Gasteiger partial charge in [-0.3, -0.25) is 9.59 Å². The van der Waals surface area contributed by atoms with Gasteiger partial charge in [-0.05, 0) is 53.6 Å². The predicted molar refractivity (Wildman–Crippen MR) is 132 cm³/mol. The van der Waals surface area contributed by atoms with Gasteiger partial charge >= 0.3 is 0 Å². The van der Waals surface area contributed by atoms with E-state index in [0.29, 0.717) is 53.9 Å². The molecule has 1 N–H and O–H groups in total. The van der Waals surface area contributed by atoms with Crippen LogP contribution >= 0.6 is 0 Å². The Balaban J connectivity index is 1.64. The SMILES string of the molecule is COc1cc(C2CC(=O)NC3=C2C(=O)CC(c2ccc(OCC(C)C)cc2)C3)cc(OC)c1OC. The molecule has 0 fully saturated rings. The molecule has 2 aliphatic rings. The van der Waals surface area contributed by atoms with Crippen molar-refractivity contribution in [2.45, 2.75) is 44.9 Å². The molecule has 35 heavy (non-hydrogen) atoms. The zero-order valence-electron chi connectivity index (χ0n) is 21.0. The predicted octanol–water partition coefficient (Wildman–Crippen LogP) is 4.75. The highest BCUT2D eigenvalue weighted by molar-refractivity contribution is 6.02. The zero-order chi connectivity index (χ0) is 25.1. The Hall–Kier alpha value is -3.48. The Kier molecular flexibility index (Phi) is 7.34. The normalized spacial score (nSPS) is 19.8. The molecule has 1 aliphatic heterocycles. The Morgan fingerprint density at radius 2 is 1.54 bits per heavy atom. The monoisotopic (exact) mass is 479 g/mol. The molecule has 7 nitrogen and oxygen atoms in total. The lowest BCUT2D eigenvalue weighted by Gasteiger charge is -2.34.